The number of nitrogens with one attached hydrogen (secondary N) is 2. The van der Waals surface area contributed by atoms with Crippen molar-refractivity contribution in [2.45, 2.75) is 5.92 Å². The number of carbonyl (C=O) groups is 1. The monoisotopic (exact) mass is 276 g/mol. The molecule has 3 aromatic rings. The van der Waals surface area contributed by atoms with E-state index in [-0.39, 0.29) is 0 Å². The van der Waals surface area contributed by atoms with Gasteiger partial charge in [0.15, 0.2) is 5.92 Å². The van der Waals surface area contributed by atoms with Crippen molar-refractivity contribution in [3.05, 3.63) is 60.2 Å². The normalized spacial score (nSPS) is 11.8. The van der Waals surface area contributed by atoms with E-state index in [0.29, 0.717) is 11.5 Å². The van der Waals surface area contributed by atoms with Crippen LogP contribution in [0.5, 0.6) is 0 Å². The molecular weight excluding hydrogens is 264 g/mol. The van der Waals surface area contributed by atoms with E-state index in [1.807, 2.05) is 36.4 Å². The molecule has 5 heteroatoms. The molecular formula is C16H12N4O. The number of amides is 1. The fourth-order valence-electron chi connectivity index (χ4n) is 2.13. The maximum atomic E-state index is 12.2. The lowest BCUT2D eigenvalue weighted by Gasteiger charge is -2.08. The summed E-state index contributed by atoms with van der Waals surface area (Å²) < 4.78 is 0. The Kier molecular flexibility index (Phi) is 3.36. The molecule has 1 aromatic heterocycles. The van der Waals surface area contributed by atoms with Crippen LogP contribution < -0.4 is 5.32 Å². The Labute approximate surface area is 121 Å². The zero-order chi connectivity index (χ0) is 14.7. The molecule has 0 aliphatic rings. The summed E-state index contributed by atoms with van der Waals surface area (Å²) in [5, 5.41) is 11.9. The molecule has 0 fully saturated rings. The molecule has 0 saturated carbocycles. The summed E-state index contributed by atoms with van der Waals surface area (Å²) >= 11 is 0. The highest BCUT2D eigenvalue weighted by Crippen LogP contribution is 2.18. The third kappa shape index (κ3) is 2.60. The van der Waals surface area contributed by atoms with Crippen LogP contribution in [-0.2, 0) is 4.79 Å². The predicted molar refractivity (Wildman–Crippen MR) is 79.5 cm³/mol. The average Bonchev–Trinajstić information content (AvgIpc) is 2.91. The number of nitrogens with zero attached hydrogens (tertiary/aromatic N) is 2. The van der Waals surface area contributed by atoms with Gasteiger partial charge in [-0.3, -0.25) is 10.1 Å². The Balaban J connectivity index is 1.83. The van der Waals surface area contributed by atoms with Gasteiger partial charge in [0.1, 0.15) is 0 Å². The topological polar surface area (TPSA) is 81.6 Å². The van der Waals surface area contributed by atoms with Gasteiger partial charge >= 0.3 is 0 Å². The first-order valence-corrected chi connectivity index (χ1v) is 6.48. The zero-order valence-electron chi connectivity index (χ0n) is 11.1. The highest BCUT2D eigenvalue weighted by molar-refractivity contribution is 5.97. The first kappa shape index (κ1) is 12.9. The molecule has 0 radical (unpaired) electrons. The number of carbonyl (C=O) groups excluding carboxylic acids is 1. The van der Waals surface area contributed by atoms with E-state index in [2.05, 4.69) is 15.3 Å². The lowest BCUT2D eigenvalue weighted by molar-refractivity contribution is -0.116. The summed E-state index contributed by atoms with van der Waals surface area (Å²) in [5.41, 5.74) is 2.26. The van der Waals surface area contributed by atoms with Crippen molar-refractivity contribution >= 4 is 22.9 Å². The molecule has 0 spiro atoms. The predicted octanol–water partition coefficient (Wildman–Crippen LogP) is 2.81. The van der Waals surface area contributed by atoms with E-state index in [9.17, 15) is 10.1 Å². The minimum absolute atomic E-state index is 0.345. The number of rotatable bonds is 3. The molecule has 2 N–H and O–H groups in total. The Bertz CT molecular complexity index is 784. The van der Waals surface area contributed by atoms with Crippen molar-refractivity contribution < 1.29 is 4.79 Å². The Morgan fingerprint density at radius 2 is 1.86 bits per heavy atom. The van der Waals surface area contributed by atoms with Gasteiger partial charge < -0.3 is 4.98 Å². The summed E-state index contributed by atoms with van der Waals surface area (Å²) in [4.78, 5) is 19.5. The minimum Gasteiger partial charge on any atom is -0.324 e. The average molecular weight is 276 g/mol. The van der Waals surface area contributed by atoms with Gasteiger partial charge in [-0.15, -0.1) is 0 Å². The smallest absolute Gasteiger partial charge is 0.248 e. The molecule has 21 heavy (non-hydrogen) atoms. The molecule has 1 atom stereocenters. The fraction of sp³-hybridized carbons (Fsp3) is 0.0625. The molecule has 0 saturated heterocycles. The molecule has 1 unspecified atom stereocenters. The van der Waals surface area contributed by atoms with Crippen LogP contribution in [0.3, 0.4) is 0 Å². The highest BCUT2D eigenvalue weighted by atomic mass is 16.2. The number of imidazole rings is 1. The highest BCUT2D eigenvalue weighted by Gasteiger charge is 2.20. The fourth-order valence-corrected chi connectivity index (χ4v) is 2.13. The number of anilines is 1. The van der Waals surface area contributed by atoms with Gasteiger partial charge in [0.05, 0.1) is 17.1 Å². The lowest BCUT2D eigenvalue weighted by Crippen LogP contribution is -2.20. The molecule has 5 nitrogen and oxygen atoms in total. The van der Waals surface area contributed by atoms with Crippen LogP contribution in [0.1, 0.15) is 11.5 Å². The number of fused-ring (bicyclic) bond motifs is 1. The quantitative estimate of drug-likeness (QED) is 0.771. The molecule has 0 aliphatic heterocycles. The van der Waals surface area contributed by atoms with Crippen molar-refractivity contribution in [2.24, 2.45) is 0 Å². The van der Waals surface area contributed by atoms with Crippen LogP contribution >= 0.6 is 0 Å². The molecule has 1 amide bonds. The Morgan fingerprint density at radius 3 is 2.57 bits per heavy atom. The van der Waals surface area contributed by atoms with Crippen LogP contribution in [0.25, 0.3) is 11.0 Å². The summed E-state index contributed by atoms with van der Waals surface area (Å²) in [6.45, 7) is 0. The number of H-pyrrole nitrogens is 1. The van der Waals surface area contributed by atoms with E-state index in [1.165, 1.54) is 0 Å². The minimum atomic E-state index is -0.862. The molecule has 0 aliphatic carbocycles. The van der Waals surface area contributed by atoms with Crippen molar-refractivity contribution in [3.63, 3.8) is 0 Å². The van der Waals surface area contributed by atoms with Gasteiger partial charge in [-0.1, -0.05) is 42.5 Å². The standard InChI is InChI=1S/C16H12N4O/c17-10-12(11-6-2-1-3-7-11)15(21)20-16-18-13-8-4-5-9-14(13)19-16/h1-9,12H,(H2,18,19,20,21). The van der Waals surface area contributed by atoms with Crippen LogP contribution in [0.4, 0.5) is 5.95 Å². The first-order valence-electron chi connectivity index (χ1n) is 6.48. The summed E-state index contributed by atoms with van der Waals surface area (Å²) in [6, 6.07) is 18.4. The summed E-state index contributed by atoms with van der Waals surface area (Å²) in [7, 11) is 0. The number of hydrogen-bond acceptors (Lipinski definition) is 3. The number of benzene rings is 2. The number of aromatic amines is 1. The van der Waals surface area contributed by atoms with Crippen molar-refractivity contribution in [1.82, 2.24) is 9.97 Å². The van der Waals surface area contributed by atoms with Crippen LogP contribution in [-0.4, -0.2) is 15.9 Å². The third-order valence-corrected chi connectivity index (χ3v) is 3.16. The SMILES string of the molecule is N#CC(C(=O)Nc1nc2ccccc2[nH]1)c1ccccc1. The van der Waals surface area contributed by atoms with Crippen LogP contribution in [0.15, 0.2) is 54.6 Å². The largest absolute Gasteiger partial charge is 0.324 e. The van der Waals surface area contributed by atoms with Gasteiger partial charge in [-0.25, -0.2) is 4.98 Å². The summed E-state index contributed by atoms with van der Waals surface area (Å²) in [6.07, 6.45) is 0. The zero-order valence-corrected chi connectivity index (χ0v) is 11.1. The summed E-state index contributed by atoms with van der Waals surface area (Å²) in [5.74, 6) is -0.917. The lowest BCUT2D eigenvalue weighted by atomic mass is 10.0. The maximum Gasteiger partial charge on any atom is 0.248 e. The molecule has 1 heterocycles. The van der Waals surface area contributed by atoms with Crippen molar-refractivity contribution in [1.29, 1.82) is 5.26 Å². The second-order valence-corrected chi connectivity index (χ2v) is 4.56. The number of hydrogen-bond donors (Lipinski definition) is 2. The van der Waals surface area contributed by atoms with Crippen LogP contribution in [0, 0.1) is 11.3 Å². The molecule has 3 rings (SSSR count). The van der Waals surface area contributed by atoms with Gasteiger partial charge in [-0.05, 0) is 17.7 Å². The first-order chi connectivity index (χ1) is 10.3. The number of nitriles is 1. The van der Waals surface area contributed by atoms with E-state index in [0.717, 1.165) is 11.0 Å². The number of para-hydroxylation sites is 2. The number of aromatic nitrogens is 2. The van der Waals surface area contributed by atoms with E-state index >= 15 is 0 Å². The Morgan fingerprint density at radius 1 is 1.14 bits per heavy atom. The van der Waals surface area contributed by atoms with E-state index in [1.54, 1.807) is 24.3 Å². The molecule has 0 bridgehead atoms. The molecule has 102 valence electrons. The van der Waals surface area contributed by atoms with Crippen LogP contribution in [0.2, 0.25) is 0 Å². The van der Waals surface area contributed by atoms with Gasteiger partial charge in [0, 0.05) is 0 Å². The van der Waals surface area contributed by atoms with Crippen molar-refractivity contribution in [2.75, 3.05) is 5.32 Å². The maximum absolute atomic E-state index is 12.2. The third-order valence-electron chi connectivity index (χ3n) is 3.16. The van der Waals surface area contributed by atoms with Gasteiger partial charge in [0.2, 0.25) is 11.9 Å². The van der Waals surface area contributed by atoms with Crippen molar-refractivity contribution in [3.8, 4) is 6.07 Å². The van der Waals surface area contributed by atoms with Gasteiger partial charge in [0.25, 0.3) is 0 Å². The van der Waals surface area contributed by atoms with E-state index < -0.39 is 11.8 Å². The van der Waals surface area contributed by atoms with Gasteiger partial charge in [-0.2, -0.15) is 5.26 Å². The Hall–Kier alpha value is -3.13. The second kappa shape index (κ2) is 5.47. The molecule has 2 aromatic carbocycles. The second-order valence-electron chi connectivity index (χ2n) is 4.56. The van der Waals surface area contributed by atoms with E-state index in [4.69, 9.17) is 0 Å².